The van der Waals surface area contributed by atoms with Crippen molar-refractivity contribution >= 4 is 33.2 Å². The average molecular weight is 622 g/mol. The Morgan fingerprint density at radius 1 is 1.02 bits per heavy atom. The molecule has 0 saturated carbocycles. The van der Waals surface area contributed by atoms with E-state index in [1.54, 1.807) is 42.9 Å². The molecule has 2 unspecified atom stereocenters. The zero-order chi connectivity index (χ0) is 30.9. The van der Waals surface area contributed by atoms with Crippen molar-refractivity contribution in [2.75, 3.05) is 31.5 Å². The molecule has 11 heteroatoms. The van der Waals surface area contributed by atoms with Crippen LogP contribution in [0, 0.1) is 12.8 Å². The Morgan fingerprint density at radius 2 is 1.74 bits per heavy atom. The predicted octanol–water partition coefficient (Wildman–Crippen LogP) is 4.78. The molecule has 1 aliphatic heterocycles. The molecule has 9 nitrogen and oxygen atoms in total. The van der Waals surface area contributed by atoms with E-state index in [1.807, 2.05) is 36.4 Å². The number of carbonyl (C=O) groups is 1. The minimum atomic E-state index is -4.16. The quantitative estimate of drug-likeness (QED) is 0.306. The predicted molar refractivity (Wildman–Crippen MR) is 170 cm³/mol. The molecule has 4 aromatic rings. The molecule has 1 aromatic heterocycles. The van der Waals surface area contributed by atoms with Gasteiger partial charge in [-0.3, -0.25) is 23.5 Å². The van der Waals surface area contributed by atoms with Crippen LogP contribution in [0.25, 0.3) is 5.69 Å². The largest absolute Gasteiger partial charge is 0.352 e. The average Bonchev–Trinajstić information content (AvgIpc) is 3.22. The van der Waals surface area contributed by atoms with Crippen molar-refractivity contribution in [2.24, 2.45) is 13.0 Å². The fraction of sp³-hybridized carbons (Fsp3) is 0.312. The molecule has 1 saturated heterocycles. The number of rotatable bonds is 8. The van der Waals surface area contributed by atoms with Crippen molar-refractivity contribution in [3.63, 3.8) is 0 Å². The summed E-state index contributed by atoms with van der Waals surface area (Å²) in [4.78, 5) is 29.0. The number of likely N-dealkylation sites (tertiary alicyclic amines) is 1. The van der Waals surface area contributed by atoms with Crippen molar-refractivity contribution in [3.05, 3.63) is 111 Å². The molecule has 0 radical (unpaired) electrons. The second-order valence-electron chi connectivity index (χ2n) is 11.0. The van der Waals surface area contributed by atoms with E-state index < -0.39 is 15.6 Å². The molecule has 5 rings (SSSR count). The lowest BCUT2D eigenvalue weighted by molar-refractivity contribution is 0.0891. The highest BCUT2D eigenvalue weighted by molar-refractivity contribution is 7.92. The maximum atomic E-state index is 13.8. The minimum Gasteiger partial charge on any atom is -0.352 e. The number of halogens is 1. The molecule has 2 atom stereocenters. The Morgan fingerprint density at radius 3 is 2.47 bits per heavy atom. The molecular weight excluding hydrogens is 586 g/mol. The van der Waals surface area contributed by atoms with Gasteiger partial charge in [0.25, 0.3) is 21.5 Å². The van der Waals surface area contributed by atoms with Gasteiger partial charge in [0.2, 0.25) is 0 Å². The number of sulfonamides is 1. The Bertz CT molecular complexity index is 1800. The van der Waals surface area contributed by atoms with E-state index in [0.29, 0.717) is 22.9 Å². The summed E-state index contributed by atoms with van der Waals surface area (Å²) in [6.07, 6.45) is 1.96. The van der Waals surface area contributed by atoms with Gasteiger partial charge in [-0.15, -0.1) is 0 Å². The van der Waals surface area contributed by atoms with Crippen LogP contribution in [0.4, 0.5) is 5.69 Å². The minimum absolute atomic E-state index is 0.0367. The fourth-order valence-corrected chi connectivity index (χ4v) is 7.50. The van der Waals surface area contributed by atoms with Gasteiger partial charge in [-0.25, -0.2) is 13.1 Å². The first kappa shape index (κ1) is 30.6. The monoisotopic (exact) mass is 621 g/mol. The van der Waals surface area contributed by atoms with E-state index in [2.05, 4.69) is 23.3 Å². The first-order valence-electron chi connectivity index (χ1n) is 14.2. The molecule has 226 valence electrons. The standard InChI is InChI=1S/C32H36ClN5O4S/c1-22-29(32(40)38(36(22)3)27-15-6-5-7-16-27)37(4)43(41,42)28-17-9-12-24(20-28)31(39)34-21-25-13-10-18-35(2)30(25)23-11-8-14-26(33)19-23/h5-9,11-12,14-17,19-20,25,30H,10,13,18,21H2,1-4H3,(H,34,39). The topological polar surface area (TPSA) is 96.7 Å². The van der Waals surface area contributed by atoms with Crippen LogP contribution in [-0.2, 0) is 17.1 Å². The molecule has 1 aliphatic rings. The van der Waals surface area contributed by atoms with Crippen LogP contribution in [0.5, 0.6) is 0 Å². The van der Waals surface area contributed by atoms with E-state index in [9.17, 15) is 18.0 Å². The number of benzene rings is 3. The maximum Gasteiger partial charge on any atom is 0.296 e. The zero-order valence-electron chi connectivity index (χ0n) is 24.7. The molecule has 1 fully saturated rings. The number of nitrogens with zero attached hydrogens (tertiary/aromatic N) is 4. The first-order valence-corrected chi connectivity index (χ1v) is 16.0. The van der Waals surface area contributed by atoms with E-state index in [-0.39, 0.29) is 34.0 Å². The molecular formula is C32H36ClN5O4S. The Kier molecular flexibility index (Phi) is 8.82. The molecule has 43 heavy (non-hydrogen) atoms. The summed E-state index contributed by atoms with van der Waals surface area (Å²) < 4.78 is 31.6. The highest BCUT2D eigenvalue weighted by atomic mass is 35.5. The maximum absolute atomic E-state index is 13.8. The van der Waals surface area contributed by atoms with Gasteiger partial charge in [0.05, 0.1) is 16.3 Å². The highest BCUT2D eigenvalue weighted by Crippen LogP contribution is 2.35. The van der Waals surface area contributed by atoms with Gasteiger partial charge in [0, 0.05) is 37.3 Å². The number of para-hydroxylation sites is 1. The van der Waals surface area contributed by atoms with E-state index in [0.717, 1.165) is 29.3 Å². The smallest absolute Gasteiger partial charge is 0.296 e. The molecule has 1 N–H and O–H groups in total. The first-order chi connectivity index (χ1) is 20.5. The highest BCUT2D eigenvalue weighted by Gasteiger charge is 2.32. The van der Waals surface area contributed by atoms with Crippen LogP contribution in [0.15, 0.2) is 88.6 Å². The summed E-state index contributed by atoms with van der Waals surface area (Å²) in [6, 6.07) is 22.9. The summed E-state index contributed by atoms with van der Waals surface area (Å²) in [7, 11) is 0.980. The van der Waals surface area contributed by atoms with Gasteiger partial charge < -0.3 is 5.32 Å². The third-order valence-corrected chi connectivity index (χ3v) is 10.3. The second kappa shape index (κ2) is 12.4. The number of hydrogen-bond acceptors (Lipinski definition) is 5. The Labute approximate surface area is 257 Å². The number of nitrogens with one attached hydrogen (secondary N) is 1. The van der Waals surface area contributed by atoms with Crippen molar-refractivity contribution in [3.8, 4) is 5.69 Å². The summed E-state index contributed by atoms with van der Waals surface area (Å²) in [6.45, 7) is 3.08. The Balaban J connectivity index is 1.37. The molecule has 3 aromatic carbocycles. The van der Waals surface area contributed by atoms with Gasteiger partial charge in [-0.05, 0) is 87.3 Å². The molecule has 2 heterocycles. The van der Waals surface area contributed by atoms with Crippen LogP contribution in [0.3, 0.4) is 0 Å². The lowest BCUT2D eigenvalue weighted by Gasteiger charge is -2.39. The summed E-state index contributed by atoms with van der Waals surface area (Å²) >= 11 is 6.27. The van der Waals surface area contributed by atoms with Gasteiger partial charge in [0.1, 0.15) is 5.69 Å². The summed E-state index contributed by atoms with van der Waals surface area (Å²) in [5.74, 6) is -0.202. The normalized spacial score (nSPS) is 17.5. The fourth-order valence-electron chi connectivity index (χ4n) is 6.01. The van der Waals surface area contributed by atoms with Crippen molar-refractivity contribution in [1.29, 1.82) is 0 Å². The van der Waals surface area contributed by atoms with Crippen LogP contribution in [0.1, 0.15) is 40.5 Å². The molecule has 0 spiro atoms. The van der Waals surface area contributed by atoms with Crippen LogP contribution < -0.4 is 15.2 Å². The number of amides is 1. The summed E-state index contributed by atoms with van der Waals surface area (Å²) in [5.41, 5.74) is 2.01. The molecule has 0 bridgehead atoms. The van der Waals surface area contributed by atoms with E-state index in [4.69, 9.17) is 11.6 Å². The SMILES string of the molecule is Cc1c(N(C)S(=O)(=O)c2cccc(C(=O)NCC3CCCN(C)C3c3cccc(Cl)c3)c2)c(=O)n(-c2ccccc2)n1C. The van der Waals surface area contributed by atoms with Crippen molar-refractivity contribution < 1.29 is 13.2 Å². The van der Waals surface area contributed by atoms with Crippen LogP contribution in [-0.4, -0.2) is 55.8 Å². The van der Waals surface area contributed by atoms with E-state index >= 15 is 0 Å². The summed E-state index contributed by atoms with van der Waals surface area (Å²) in [5, 5.41) is 3.70. The third-order valence-electron chi connectivity index (χ3n) is 8.32. The van der Waals surface area contributed by atoms with Crippen LogP contribution >= 0.6 is 11.6 Å². The molecule has 0 aliphatic carbocycles. The van der Waals surface area contributed by atoms with Gasteiger partial charge in [-0.2, -0.15) is 0 Å². The van der Waals surface area contributed by atoms with Gasteiger partial charge in [-0.1, -0.05) is 48.0 Å². The number of anilines is 1. The zero-order valence-corrected chi connectivity index (χ0v) is 26.3. The number of carbonyl (C=O) groups excluding carboxylic acids is 1. The van der Waals surface area contributed by atoms with Gasteiger partial charge >= 0.3 is 0 Å². The lowest BCUT2D eigenvalue weighted by atomic mass is 9.85. The van der Waals surface area contributed by atoms with Crippen molar-refractivity contribution in [1.82, 2.24) is 19.6 Å². The number of aromatic nitrogens is 2. The Hall–Kier alpha value is -3.86. The van der Waals surface area contributed by atoms with E-state index in [1.165, 1.54) is 23.9 Å². The lowest BCUT2D eigenvalue weighted by Crippen LogP contribution is -2.41. The number of piperidine rings is 1. The number of hydrogen-bond donors (Lipinski definition) is 1. The van der Waals surface area contributed by atoms with Crippen molar-refractivity contribution in [2.45, 2.75) is 30.7 Å². The third kappa shape index (κ3) is 6.00. The molecule has 1 amide bonds. The van der Waals surface area contributed by atoms with Gasteiger partial charge in [0.15, 0.2) is 0 Å². The van der Waals surface area contributed by atoms with Crippen LogP contribution in [0.2, 0.25) is 5.02 Å². The second-order valence-corrected chi connectivity index (χ2v) is 13.4.